The van der Waals surface area contributed by atoms with Crippen molar-refractivity contribution in [3.05, 3.63) is 23.8 Å². The summed E-state index contributed by atoms with van der Waals surface area (Å²) in [6.07, 6.45) is 4.48. The Bertz CT molecular complexity index is 903. The van der Waals surface area contributed by atoms with Gasteiger partial charge >= 0.3 is 5.97 Å². The molecule has 2 rings (SSSR count). The van der Waals surface area contributed by atoms with Crippen LogP contribution in [-0.4, -0.2) is 65.2 Å². The van der Waals surface area contributed by atoms with Gasteiger partial charge in [0.15, 0.2) is 5.78 Å². The van der Waals surface area contributed by atoms with Crippen LogP contribution in [0.15, 0.2) is 23.8 Å². The number of carbonyl (C=O) groups is 5. The standard InChI is InChI=1S/C25H37N3O6S2.CH4/c1-6-16-11-19(29)18-13-36-35-10-8-7-9-17(34-25(33)22(15(4)5)28-23(16)31)12-20(30)27-21(14(2)3)24(32)26-18;/h6-7,9,14-15,17-18,21-22H,8,10-13H2,1-5H3,(H,26,32)(H,27,30)(H,28,31);1H4/b9-7+,16-6+;. The molecule has 2 aliphatic heterocycles. The molecule has 2 aliphatic rings. The average molecular weight is 556 g/mol. The predicted molar refractivity (Wildman–Crippen MR) is 149 cm³/mol. The third-order valence-corrected chi connectivity index (χ3v) is 8.32. The molecule has 37 heavy (non-hydrogen) atoms. The zero-order valence-electron chi connectivity index (χ0n) is 21.5. The van der Waals surface area contributed by atoms with E-state index in [1.807, 2.05) is 6.08 Å². The fourth-order valence-electron chi connectivity index (χ4n) is 3.69. The lowest BCUT2D eigenvalue weighted by Crippen LogP contribution is -2.55. The zero-order chi connectivity index (χ0) is 26.8. The molecule has 2 heterocycles. The van der Waals surface area contributed by atoms with Gasteiger partial charge in [0.1, 0.15) is 18.2 Å². The molecule has 0 saturated carbocycles. The number of Topliss-reactive ketones (excluding diaryl/α,β-unsaturated/α-hetero) is 1. The quantitative estimate of drug-likeness (QED) is 0.205. The molecule has 4 atom stereocenters. The van der Waals surface area contributed by atoms with E-state index in [1.54, 1.807) is 51.5 Å². The number of carbonyl (C=O) groups excluding carboxylic acids is 5. The molecule has 3 amide bonds. The third-order valence-electron chi connectivity index (χ3n) is 5.87. The van der Waals surface area contributed by atoms with Gasteiger partial charge in [0.05, 0.1) is 12.5 Å². The smallest absolute Gasteiger partial charge is 0.329 e. The van der Waals surface area contributed by atoms with Crippen LogP contribution in [-0.2, 0) is 28.7 Å². The van der Waals surface area contributed by atoms with E-state index >= 15 is 0 Å². The van der Waals surface area contributed by atoms with Gasteiger partial charge in [0, 0.05) is 23.5 Å². The van der Waals surface area contributed by atoms with Crippen LogP contribution in [0, 0.1) is 11.8 Å². The van der Waals surface area contributed by atoms with Crippen LogP contribution in [0.25, 0.3) is 0 Å². The summed E-state index contributed by atoms with van der Waals surface area (Å²) in [6, 6.07) is -2.69. The SMILES string of the molecule is C.C/C=C1\CC(=O)C2CSSCC/C=C/C(CC(=O)NC(C(C)C)C(=O)N2)OC(=O)C(C(C)C)NC1=O. The van der Waals surface area contributed by atoms with Gasteiger partial charge in [-0.05, 0) is 31.3 Å². The van der Waals surface area contributed by atoms with Crippen LogP contribution >= 0.6 is 21.6 Å². The van der Waals surface area contributed by atoms with E-state index in [-0.39, 0.29) is 43.5 Å². The largest absolute Gasteiger partial charge is 0.456 e. The van der Waals surface area contributed by atoms with Gasteiger partial charge in [0.25, 0.3) is 0 Å². The Morgan fingerprint density at radius 2 is 1.65 bits per heavy atom. The summed E-state index contributed by atoms with van der Waals surface area (Å²) in [7, 11) is 3.02. The first-order valence-electron chi connectivity index (χ1n) is 12.2. The molecular weight excluding hydrogens is 514 g/mol. The zero-order valence-corrected chi connectivity index (χ0v) is 23.1. The molecule has 9 nitrogen and oxygen atoms in total. The van der Waals surface area contributed by atoms with Gasteiger partial charge < -0.3 is 20.7 Å². The number of allylic oxidation sites excluding steroid dienone is 2. The highest BCUT2D eigenvalue weighted by atomic mass is 33.1. The van der Waals surface area contributed by atoms with Crippen molar-refractivity contribution in [2.75, 3.05) is 11.5 Å². The van der Waals surface area contributed by atoms with Crippen LogP contribution in [0.2, 0.25) is 0 Å². The van der Waals surface area contributed by atoms with Gasteiger partial charge in [-0.25, -0.2) is 4.79 Å². The van der Waals surface area contributed by atoms with E-state index in [1.165, 1.54) is 16.9 Å². The molecule has 0 spiro atoms. The molecule has 2 bridgehead atoms. The number of hydrogen-bond donors (Lipinski definition) is 3. The molecule has 11 heteroatoms. The van der Waals surface area contributed by atoms with Gasteiger partial charge in [-0.2, -0.15) is 0 Å². The number of ketones is 1. The topological polar surface area (TPSA) is 131 Å². The van der Waals surface area contributed by atoms with Crippen molar-refractivity contribution in [3.63, 3.8) is 0 Å². The van der Waals surface area contributed by atoms with E-state index in [4.69, 9.17) is 4.74 Å². The summed E-state index contributed by atoms with van der Waals surface area (Å²) >= 11 is 0. The number of rotatable bonds is 2. The van der Waals surface area contributed by atoms with Gasteiger partial charge in [-0.3, -0.25) is 19.2 Å². The summed E-state index contributed by atoms with van der Waals surface area (Å²) in [5.41, 5.74) is 0.205. The number of esters is 1. The highest BCUT2D eigenvalue weighted by Crippen LogP contribution is 2.25. The minimum absolute atomic E-state index is 0. The highest BCUT2D eigenvalue weighted by molar-refractivity contribution is 8.76. The molecule has 0 aliphatic carbocycles. The Hall–Kier alpha value is -2.27. The van der Waals surface area contributed by atoms with Crippen molar-refractivity contribution < 1.29 is 28.7 Å². The number of fused-ring (bicyclic) bond motifs is 7. The molecule has 0 aromatic heterocycles. The molecule has 0 aromatic rings. The van der Waals surface area contributed by atoms with E-state index < -0.39 is 47.9 Å². The van der Waals surface area contributed by atoms with Crippen LogP contribution in [0.4, 0.5) is 0 Å². The molecule has 1 saturated heterocycles. The average Bonchev–Trinajstić information content (AvgIpc) is 2.81. The maximum absolute atomic E-state index is 13.3. The van der Waals surface area contributed by atoms with Gasteiger partial charge in [-0.1, -0.05) is 68.9 Å². The van der Waals surface area contributed by atoms with Crippen molar-refractivity contribution in [1.82, 2.24) is 16.0 Å². The van der Waals surface area contributed by atoms with Crippen molar-refractivity contribution in [2.24, 2.45) is 11.8 Å². The second kappa shape index (κ2) is 15.9. The first-order chi connectivity index (χ1) is 17.0. The predicted octanol–water partition coefficient (Wildman–Crippen LogP) is 2.95. The molecular formula is C26H41N3O6S2. The van der Waals surface area contributed by atoms with Gasteiger partial charge in [-0.15, -0.1) is 0 Å². The van der Waals surface area contributed by atoms with E-state index in [9.17, 15) is 24.0 Å². The lowest BCUT2D eigenvalue weighted by Gasteiger charge is -2.27. The van der Waals surface area contributed by atoms with E-state index in [0.29, 0.717) is 12.2 Å². The fourth-order valence-corrected chi connectivity index (χ4v) is 5.88. The Balaban J connectivity index is 0.00000684. The summed E-state index contributed by atoms with van der Waals surface area (Å²) in [4.78, 5) is 65.4. The lowest BCUT2D eigenvalue weighted by molar-refractivity contribution is -0.153. The second-order valence-electron chi connectivity index (χ2n) is 9.51. The number of amides is 3. The number of ether oxygens (including phenoxy) is 1. The Labute approximate surface area is 228 Å². The second-order valence-corrected chi connectivity index (χ2v) is 12.1. The number of hydrogen-bond acceptors (Lipinski definition) is 8. The van der Waals surface area contributed by atoms with E-state index in [2.05, 4.69) is 16.0 Å². The van der Waals surface area contributed by atoms with Crippen molar-refractivity contribution in [3.8, 4) is 0 Å². The Morgan fingerprint density at radius 1 is 0.973 bits per heavy atom. The van der Waals surface area contributed by atoms with E-state index in [0.717, 1.165) is 5.75 Å². The lowest BCUT2D eigenvalue weighted by atomic mass is 9.99. The summed E-state index contributed by atoms with van der Waals surface area (Å²) in [6.45, 7) is 8.79. The minimum Gasteiger partial charge on any atom is -0.456 e. The molecule has 0 radical (unpaired) electrons. The first kappa shape index (κ1) is 32.8. The first-order valence-corrected chi connectivity index (χ1v) is 14.7. The minimum atomic E-state index is -0.963. The normalized spacial score (nSPS) is 29.1. The maximum Gasteiger partial charge on any atom is 0.329 e. The van der Waals surface area contributed by atoms with Crippen molar-refractivity contribution in [2.45, 2.75) is 85.5 Å². The molecule has 1 fully saturated rings. The maximum atomic E-state index is 13.3. The summed E-state index contributed by atoms with van der Waals surface area (Å²) < 4.78 is 5.67. The fraction of sp³-hybridized carbons (Fsp3) is 0.654. The van der Waals surface area contributed by atoms with Crippen molar-refractivity contribution in [1.29, 1.82) is 0 Å². The Kier molecular flexibility index (Phi) is 14.0. The molecule has 208 valence electrons. The van der Waals surface area contributed by atoms with Crippen LogP contribution in [0.5, 0.6) is 0 Å². The van der Waals surface area contributed by atoms with Crippen molar-refractivity contribution >= 4 is 51.1 Å². The highest BCUT2D eigenvalue weighted by Gasteiger charge is 2.33. The third kappa shape index (κ3) is 10.2. The van der Waals surface area contributed by atoms with Crippen LogP contribution in [0.1, 0.15) is 61.3 Å². The monoisotopic (exact) mass is 555 g/mol. The van der Waals surface area contributed by atoms with Crippen LogP contribution in [0.3, 0.4) is 0 Å². The van der Waals surface area contributed by atoms with Crippen LogP contribution < -0.4 is 16.0 Å². The molecule has 0 aromatic carbocycles. The molecule has 4 unspecified atom stereocenters. The number of nitrogens with one attached hydrogen (secondary N) is 3. The summed E-state index contributed by atoms with van der Waals surface area (Å²) in [5.74, 6) is -1.97. The Morgan fingerprint density at radius 3 is 2.27 bits per heavy atom. The summed E-state index contributed by atoms with van der Waals surface area (Å²) in [5, 5.41) is 8.24. The molecule has 3 N–H and O–H groups in total. The van der Waals surface area contributed by atoms with Gasteiger partial charge in [0.2, 0.25) is 17.7 Å².